The van der Waals surface area contributed by atoms with Gasteiger partial charge in [0.25, 0.3) is 5.91 Å². The molecular formula is C13H15NO5S. The standard InChI is InChI=1S/C13H15NO5S/c15-13(14-9-4-7-20(16,17)8-9)10-2-1-3-11-12(10)19-6-5-18-11/h1-3,9H,4-8H2,(H,14,15). The molecule has 7 heteroatoms. The van der Waals surface area contributed by atoms with Crippen LogP contribution in [0.2, 0.25) is 0 Å². The van der Waals surface area contributed by atoms with Crippen molar-refractivity contribution in [2.45, 2.75) is 12.5 Å². The summed E-state index contributed by atoms with van der Waals surface area (Å²) in [6.45, 7) is 0.855. The Bertz CT molecular complexity index is 640. The number of rotatable bonds is 2. The summed E-state index contributed by atoms with van der Waals surface area (Å²) < 4.78 is 33.7. The summed E-state index contributed by atoms with van der Waals surface area (Å²) in [4.78, 5) is 12.2. The number of hydrogen-bond donors (Lipinski definition) is 1. The minimum atomic E-state index is -3.01. The van der Waals surface area contributed by atoms with Gasteiger partial charge in [0.05, 0.1) is 17.1 Å². The van der Waals surface area contributed by atoms with Crippen molar-refractivity contribution in [3.8, 4) is 11.5 Å². The second-order valence-corrected chi connectivity index (χ2v) is 7.13. The highest BCUT2D eigenvalue weighted by Gasteiger charge is 2.30. The van der Waals surface area contributed by atoms with Gasteiger partial charge in [-0.1, -0.05) is 6.07 Å². The molecule has 2 aliphatic rings. The van der Waals surface area contributed by atoms with Crippen LogP contribution in [0.3, 0.4) is 0 Å². The molecule has 0 saturated carbocycles. The molecule has 20 heavy (non-hydrogen) atoms. The third kappa shape index (κ3) is 2.58. The molecule has 0 aliphatic carbocycles. The summed E-state index contributed by atoms with van der Waals surface area (Å²) in [6.07, 6.45) is 0.459. The van der Waals surface area contributed by atoms with Gasteiger partial charge in [-0.3, -0.25) is 4.79 Å². The van der Waals surface area contributed by atoms with Crippen molar-refractivity contribution in [2.75, 3.05) is 24.7 Å². The van der Waals surface area contributed by atoms with Crippen LogP contribution in [-0.4, -0.2) is 45.1 Å². The minimum Gasteiger partial charge on any atom is -0.486 e. The monoisotopic (exact) mass is 297 g/mol. The van der Waals surface area contributed by atoms with Gasteiger partial charge in [0.1, 0.15) is 13.2 Å². The summed E-state index contributed by atoms with van der Waals surface area (Å²) in [7, 11) is -3.01. The SMILES string of the molecule is O=C(NC1CCS(=O)(=O)C1)c1cccc2c1OCCO2. The van der Waals surface area contributed by atoms with Crippen molar-refractivity contribution in [1.82, 2.24) is 5.32 Å². The highest BCUT2D eigenvalue weighted by atomic mass is 32.2. The van der Waals surface area contributed by atoms with E-state index in [0.717, 1.165) is 0 Å². The van der Waals surface area contributed by atoms with Crippen molar-refractivity contribution >= 4 is 15.7 Å². The van der Waals surface area contributed by atoms with Crippen LogP contribution in [0.5, 0.6) is 11.5 Å². The molecule has 2 aliphatic heterocycles. The summed E-state index contributed by atoms with van der Waals surface area (Å²) in [5.74, 6) is 0.782. The van der Waals surface area contributed by atoms with Gasteiger partial charge in [-0.2, -0.15) is 0 Å². The van der Waals surface area contributed by atoms with Gasteiger partial charge in [0.15, 0.2) is 21.3 Å². The van der Waals surface area contributed by atoms with E-state index in [-0.39, 0.29) is 23.5 Å². The van der Waals surface area contributed by atoms with Crippen LogP contribution in [-0.2, 0) is 9.84 Å². The molecule has 1 saturated heterocycles. The maximum atomic E-state index is 12.2. The Morgan fingerprint density at radius 2 is 2.05 bits per heavy atom. The molecule has 6 nitrogen and oxygen atoms in total. The highest BCUT2D eigenvalue weighted by Crippen LogP contribution is 2.33. The normalized spacial score (nSPS) is 23.3. The summed E-state index contributed by atoms with van der Waals surface area (Å²) in [5.41, 5.74) is 0.381. The first kappa shape index (κ1) is 13.2. The number of benzene rings is 1. The molecule has 1 aromatic rings. The van der Waals surface area contributed by atoms with Gasteiger partial charge < -0.3 is 14.8 Å². The van der Waals surface area contributed by atoms with Crippen LogP contribution < -0.4 is 14.8 Å². The molecule has 1 fully saturated rings. The van der Waals surface area contributed by atoms with Crippen molar-refractivity contribution in [1.29, 1.82) is 0 Å². The van der Waals surface area contributed by atoms with E-state index in [9.17, 15) is 13.2 Å². The van der Waals surface area contributed by atoms with Crippen LogP contribution in [0.15, 0.2) is 18.2 Å². The molecule has 1 aromatic carbocycles. The Kier molecular flexibility index (Phi) is 3.29. The third-order valence-electron chi connectivity index (χ3n) is 3.38. The van der Waals surface area contributed by atoms with Crippen molar-refractivity contribution in [3.63, 3.8) is 0 Å². The number of ether oxygens (including phenoxy) is 2. The second kappa shape index (κ2) is 4.97. The maximum absolute atomic E-state index is 12.2. The van der Waals surface area contributed by atoms with E-state index < -0.39 is 9.84 Å². The zero-order valence-corrected chi connectivity index (χ0v) is 11.6. The van der Waals surface area contributed by atoms with Crippen LogP contribution in [0.1, 0.15) is 16.8 Å². The molecule has 1 unspecified atom stereocenters. The topological polar surface area (TPSA) is 81.7 Å². The second-order valence-electron chi connectivity index (χ2n) is 4.90. The summed E-state index contributed by atoms with van der Waals surface area (Å²) >= 11 is 0. The Hall–Kier alpha value is -1.76. The first-order valence-corrected chi connectivity index (χ1v) is 8.27. The Morgan fingerprint density at radius 1 is 1.25 bits per heavy atom. The molecule has 2 heterocycles. The molecule has 108 valence electrons. The average Bonchev–Trinajstić information content (AvgIpc) is 2.77. The van der Waals surface area contributed by atoms with E-state index in [1.807, 2.05) is 0 Å². The Morgan fingerprint density at radius 3 is 2.80 bits per heavy atom. The maximum Gasteiger partial charge on any atom is 0.255 e. The molecule has 0 radical (unpaired) electrons. The number of para-hydroxylation sites is 1. The lowest BCUT2D eigenvalue weighted by atomic mass is 10.1. The van der Waals surface area contributed by atoms with Crippen molar-refractivity contribution in [2.24, 2.45) is 0 Å². The molecule has 1 atom stereocenters. The molecule has 3 rings (SSSR count). The predicted molar refractivity (Wildman–Crippen MR) is 72.0 cm³/mol. The van der Waals surface area contributed by atoms with Crippen molar-refractivity contribution in [3.05, 3.63) is 23.8 Å². The smallest absolute Gasteiger partial charge is 0.255 e. The van der Waals surface area contributed by atoms with Crippen LogP contribution >= 0.6 is 0 Å². The number of carbonyl (C=O) groups is 1. The molecule has 1 N–H and O–H groups in total. The number of carbonyl (C=O) groups excluding carboxylic acids is 1. The fourth-order valence-electron chi connectivity index (χ4n) is 2.42. The first-order chi connectivity index (χ1) is 9.55. The van der Waals surface area contributed by atoms with Crippen molar-refractivity contribution < 1.29 is 22.7 Å². The Balaban J connectivity index is 1.78. The highest BCUT2D eigenvalue weighted by molar-refractivity contribution is 7.91. The fraction of sp³-hybridized carbons (Fsp3) is 0.462. The van der Waals surface area contributed by atoms with E-state index >= 15 is 0 Å². The number of nitrogens with one attached hydrogen (secondary N) is 1. The van der Waals surface area contributed by atoms with Crippen LogP contribution in [0.25, 0.3) is 0 Å². The first-order valence-electron chi connectivity index (χ1n) is 6.45. The van der Waals surface area contributed by atoms with E-state index in [1.54, 1.807) is 18.2 Å². The zero-order valence-electron chi connectivity index (χ0n) is 10.8. The number of amides is 1. The van der Waals surface area contributed by atoms with Gasteiger partial charge in [0.2, 0.25) is 0 Å². The number of hydrogen-bond acceptors (Lipinski definition) is 5. The lowest BCUT2D eigenvalue weighted by Crippen LogP contribution is -2.36. The van der Waals surface area contributed by atoms with E-state index in [2.05, 4.69) is 5.32 Å². The summed E-state index contributed by atoms with van der Waals surface area (Å²) in [6, 6.07) is 4.78. The van der Waals surface area contributed by atoms with E-state index in [0.29, 0.717) is 36.7 Å². The summed E-state index contributed by atoms with van der Waals surface area (Å²) in [5, 5.41) is 2.75. The molecule has 1 amide bonds. The zero-order chi connectivity index (χ0) is 14.2. The minimum absolute atomic E-state index is 0.00508. The predicted octanol–water partition coefficient (Wildman–Crippen LogP) is 0.375. The Labute approximate surface area is 117 Å². The van der Waals surface area contributed by atoms with E-state index in [1.165, 1.54) is 0 Å². The molecular weight excluding hydrogens is 282 g/mol. The van der Waals surface area contributed by atoms with Gasteiger partial charge in [-0.25, -0.2) is 8.42 Å². The largest absolute Gasteiger partial charge is 0.486 e. The molecule has 0 spiro atoms. The number of sulfone groups is 1. The molecule has 0 aromatic heterocycles. The average molecular weight is 297 g/mol. The third-order valence-corrected chi connectivity index (χ3v) is 5.15. The quantitative estimate of drug-likeness (QED) is 0.853. The van der Waals surface area contributed by atoms with Gasteiger partial charge in [-0.15, -0.1) is 0 Å². The van der Waals surface area contributed by atoms with Crippen LogP contribution in [0.4, 0.5) is 0 Å². The van der Waals surface area contributed by atoms with Crippen LogP contribution in [0, 0.1) is 0 Å². The fourth-order valence-corrected chi connectivity index (χ4v) is 4.10. The number of fused-ring (bicyclic) bond motifs is 1. The van der Waals surface area contributed by atoms with Gasteiger partial charge in [-0.05, 0) is 18.6 Å². The lowest BCUT2D eigenvalue weighted by Gasteiger charge is -2.21. The molecule has 0 bridgehead atoms. The lowest BCUT2D eigenvalue weighted by molar-refractivity contribution is 0.0930. The van der Waals surface area contributed by atoms with E-state index in [4.69, 9.17) is 9.47 Å². The van der Waals surface area contributed by atoms with Gasteiger partial charge in [0, 0.05) is 6.04 Å². The van der Waals surface area contributed by atoms with Gasteiger partial charge >= 0.3 is 0 Å².